The molecule has 0 aliphatic rings. The van der Waals surface area contributed by atoms with E-state index in [0.29, 0.717) is 10.6 Å². The zero-order chi connectivity index (χ0) is 18.1. The highest BCUT2D eigenvalue weighted by Crippen LogP contribution is 2.37. The maximum absolute atomic E-state index is 13.4. The van der Waals surface area contributed by atoms with Crippen LogP contribution in [0, 0.1) is 5.92 Å². The highest BCUT2D eigenvalue weighted by Gasteiger charge is 2.38. The fourth-order valence-corrected chi connectivity index (χ4v) is 2.32. The van der Waals surface area contributed by atoms with E-state index in [0.717, 1.165) is 4.90 Å². The van der Waals surface area contributed by atoms with Gasteiger partial charge in [-0.25, -0.2) is 4.98 Å². The van der Waals surface area contributed by atoms with Crippen molar-refractivity contribution < 1.29 is 18.0 Å². The predicted octanol–water partition coefficient (Wildman–Crippen LogP) is 4.43. The van der Waals surface area contributed by atoms with Crippen molar-refractivity contribution in [1.29, 1.82) is 0 Å². The van der Waals surface area contributed by atoms with Crippen molar-refractivity contribution in [2.24, 2.45) is 5.92 Å². The smallest absolute Gasteiger partial charge is 0.313 e. The topological polar surface area (TPSA) is 46.1 Å². The van der Waals surface area contributed by atoms with Crippen LogP contribution >= 0.6 is 11.6 Å². The molecular weight excluding hydrogens is 343 g/mol. The van der Waals surface area contributed by atoms with Gasteiger partial charge in [0.2, 0.25) is 5.91 Å². The Morgan fingerprint density at radius 2 is 1.92 bits per heavy atom. The first-order chi connectivity index (χ1) is 11.1. The van der Waals surface area contributed by atoms with Gasteiger partial charge in [0, 0.05) is 30.9 Å². The number of anilines is 1. The largest absolute Gasteiger partial charge is 0.435 e. The van der Waals surface area contributed by atoms with E-state index in [2.05, 4.69) is 9.97 Å². The number of nitrogens with zero attached hydrogens (tertiary/aromatic N) is 3. The zero-order valence-electron chi connectivity index (χ0n) is 13.2. The normalized spacial score (nSPS) is 11.7. The standard InChI is InChI=1S/C16H15ClF3N3O/c1-9(2)15(24)23(3)13-5-4-12(22-14(13)16(18,19)20)10-6-11(17)8-21-7-10/h4-9H,1-3H3. The maximum Gasteiger partial charge on any atom is 0.435 e. The Bertz CT molecular complexity index is 762. The molecule has 2 heterocycles. The second kappa shape index (κ2) is 6.76. The fraction of sp³-hybridized carbons (Fsp3) is 0.312. The van der Waals surface area contributed by atoms with Crippen molar-refractivity contribution in [3.8, 4) is 11.3 Å². The van der Waals surface area contributed by atoms with Crippen molar-refractivity contribution in [2.75, 3.05) is 11.9 Å². The van der Waals surface area contributed by atoms with Gasteiger partial charge in [0.1, 0.15) is 0 Å². The van der Waals surface area contributed by atoms with Gasteiger partial charge in [-0.2, -0.15) is 13.2 Å². The first-order valence-electron chi connectivity index (χ1n) is 7.08. The van der Waals surface area contributed by atoms with Crippen molar-refractivity contribution >= 4 is 23.2 Å². The van der Waals surface area contributed by atoms with E-state index in [1.165, 1.54) is 37.6 Å². The number of alkyl halides is 3. The number of rotatable bonds is 3. The van der Waals surface area contributed by atoms with Crippen molar-refractivity contribution in [3.05, 3.63) is 41.3 Å². The summed E-state index contributed by atoms with van der Waals surface area (Å²) in [5.41, 5.74) is -0.986. The monoisotopic (exact) mass is 357 g/mol. The molecule has 0 radical (unpaired) electrons. The van der Waals surface area contributed by atoms with Gasteiger partial charge >= 0.3 is 6.18 Å². The summed E-state index contributed by atoms with van der Waals surface area (Å²) in [6.07, 6.45) is -1.96. The van der Waals surface area contributed by atoms with Gasteiger partial charge in [-0.05, 0) is 18.2 Å². The first kappa shape index (κ1) is 18.2. The van der Waals surface area contributed by atoms with Crippen LogP contribution in [0.3, 0.4) is 0 Å². The summed E-state index contributed by atoms with van der Waals surface area (Å²) in [6, 6.07) is 4.11. The summed E-state index contributed by atoms with van der Waals surface area (Å²) in [5, 5.41) is 0.291. The summed E-state index contributed by atoms with van der Waals surface area (Å²) in [5.74, 6) is -0.868. The summed E-state index contributed by atoms with van der Waals surface area (Å²) in [7, 11) is 1.30. The van der Waals surface area contributed by atoms with E-state index in [4.69, 9.17) is 11.6 Å². The predicted molar refractivity (Wildman–Crippen MR) is 85.7 cm³/mol. The Hall–Kier alpha value is -2.15. The number of pyridine rings is 2. The van der Waals surface area contributed by atoms with Gasteiger partial charge < -0.3 is 4.90 Å². The molecule has 0 saturated carbocycles. The lowest BCUT2D eigenvalue weighted by Gasteiger charge is -2.23. The maximum atomic E-state index is 13.4. The minimum atomic E-state index is -4.71. The molecule has 128 valence electrons. The number of aromatic nitrogens is 2. The highest BCUT2D eigenvalue weighted by atomic mass is 35.5. The van der Waals surface area contributed by atoms with Gasteiger partial charge in [-0.3, -0.25) is 9.78 Å². The van der Waals surface area contributed by atoms with Crippen molar-refractivity contribution in [1.82, 2.24) is 9.97 Å². The molecule has 0 aliphatic carbocycles. The van der Waals surface area contributed by atoms with Crippen LogP contribution in [0.15, 0.2) is 30.6 Å². The molecule has 0 spiro atoms. The molecule has 0 bridgehead atoms. The molecule has 0 aliphatic heterocycles. The van der Waals surface area contributed by atoms with Crippen LogP contribution < -0.4 is 4.90 Å². The molecule has 24 heavy (non-hydrogen) atoms. The Morgan fingerprint density at radius 1 is 1.25 bits per heavy atom. The molecule has 8 heteroatoms. The van der Waals surface area contributed by atoms with E-state index in [1.54, 1.807) is 13.8 Å². The minimum absolute atomic E-state index is 0.0754. The SMILES string of the molecule is CC(C)C(=O)N(C)c1ccc(-c2cncc(Cl)c2)nc1C(F)(F)F. The summed E-state index contributed by atoms with van der Waals surface area (Å²) in [6.45, 7) is 3.23. The number of amides is 1. The zero-order valence-corrected chi connectivity index (χ0v) is 14.0. The number of carbonyl (C=O) groups is 1. The highest BCUT2D eigenvalue weighted by molar-refractivity contribution is 6.30. The number of hydrogen-bond acceptors (Lipinski definition) is 3. The molecule has 0 N–H and O–H groups in total. The minimum Gasteiger partial charge on any atom is -0.313 e. The van der Waals surface area contributed by atoms with Gasteiger partial charge in [0.25, 0.3) is 0 Å². The Balaban J connectivity index is 2.57. The molecule has 2 aromatic heterocycles. The first-order valence-corrected chi connectivity index (χ1v) is 7.45. The Kier molecular flexibility index (Phi) is 5.13. The van der Waals surface area contributed by atoms with Crippen molar-refractivity contribution in [3.63, 3.8) is 0 Å². The van der Waals surface area contributed by atoms with Crippen LogP contribution in [0.1, 0.15) is 19.5 Å². The summed E-state index contributed by atoms with van der Waals surface area (Å²) < 4.78 is 40.2. The van der Waals surface area contributed by atoms with E-state index >= 15 is 0 Å². The lowest BCUT2D eigenvalue weighted by Crippen LogP contribution is -2.32. The van der Waals surface area contributed by atoms with Crippen LogP contribution in [0.4, 0.5) is 18.9 Å². The van der Waals surface area contributed by atoms with Crippen LogP contribution in [0.2, 0.25) is 5.02 Å². The third-order valence-electron chi connectivity index (χ3n) is 3.33. The molecule has 0 aromatic carbocycles. The van der Waals surface area contributed by atoms with Crippen LogP contribution in [0.5, 0.6) is 0 Å². The molecule has 2 aromatic rings. The number of carbonyl (C=O) groups excluding carboxylic acids is 1. The van der Waals surface area contributed by atoms with Crippen LogP contribution in [-0.2, 0) is 11.0 Å². The molecular formula is C16H15ClF3N3O. The molecule has 0 fully saturated rings. The van der Waals surface area contributed by atoms with E-state index in [-0.39, 0.29) is 11.4 Å². The average Bonchev–Trinajstić information content (AvgIpc) is 2.52. The summed E-state index contributed by atoms with van der Waals surface area (Å²) >= 11 is 5.82. The third-order valence-corrected chi connectivity index (χ3v) is 3.54. The van der Waals surface area contributed by atoms with E-state index in [1.807, 2.05) is 0 Å². The second-order valence-electron chi connectivity index (χ2n) is 5.51. The van der Waals surface area contributed by atoms with Crippen LogP contribution in [0.25, 0.3) is 11.3 Å². The molecule has 4 nitrogen and oxygen atoms in total. The Labute approximate surface area is 142 Å². The van der Waals surface area contributed by atoms with E-state index < -0.39 is 23.7 Å². The average molecular weight is 358 g/mol. The van der Waals surface area contributed by atoms with Gasteiger partial charge in [-0.15, -0.1) is 0 Å². The second-order valence-corrected chi connectivity index (χ2v) is 5.94. The van der Waals surface area contributed by atoms with E-state index in [9.17, 15) is 18.0 Å². The Morgan fingerprint density at radius 3 is 2.46 bits per heavy atom. The van der Waals surface area contributed by atoms with Crippen molar-refractivity contribution in [2.45, 2.75) is 20.0 Å². The lowest BCUT2D eigenvalue weighted by atomic mass is 10.1. The molecule has 2 rings (SSSR count). The molecule has 0 saturated heterocycles. The fourth-order valence-electron chi connectivity index (χ4n) is 2.15. The molecule has 0 unspecified atom stereocenters. The van der Waals surface area contributed by atoms with Gasteiger partial charge in [-0.1, -0.05) is 25.4 Å². The van der Waals surface area contributed by atoms with Gasteiger partial charge in [0.15, 0.2) is 5.69 Å². The van der Waals surface area contributed by atoms with Gasteiger partial charge in [0.05, 0.1) is 16.4 Å². The quantitative estimate of drug-likeness (QED) is 0.816. The number of hydrogen-bond donors (Lipinski definition) is 0. The molecule has 1 amide bonds. The lowest BCUT2D eigenvalue weighted by molar-refractivity contribution is -0.140. The van der Waals surface area contributed by atoms with Crippen LogP contribution in [-0.4, -0.2) is 22.9 Å². The number of halogens is 4. The third kappa shape index (κ3) is 3.84. The summed E-state index contributed by atoms with van der Waals surface area (Å²) in [4.78, 5) is 20.5. The molecule has 0 atom stereocenters.